The van der Waals surface area contributed by atoms with Crippen molar-refractivity contribution in [2.45, 2.75) is 54.1 Å². The fourth-order valence-electron chi connectivity index (χ4n) is 3.07. The van der Waals surface area contributed by atoms with Gasteiger partial charge >= 0.3 is 5.69 Å². The lowest BCUT2D eigenvalue weighted by Crippen LogP contribution is -2.33. The van der Waals surface area contributed by atoms with Gasteiger partial charge in [-0.15, -0.1) is 0 Å². The van der Waals surface area contributed by atoms with Crippen LogP contribution in [0.5, 0.6) is 0 Å². The predicted octanol–water partition coefficient (Wildman–Crippen LogP) is 1.08. The smallest absolute Gasteiger partial charge is 0.348 e. The van der Waals surface area contributed by atoms with Crippen LogP contribution in [0, 0.1) is 27.7 Å². The third-order valence-electron chi connectivity index (χ3n) is 4.29. The number of hydrogen-bond donors (Lipinski definition) is 1. The van der Waals surface area contributed by atoms with Crippen molar-refractivity contribution in [1.82, 2.24) is 24.6 Å². The lowest BCUT2D eigenvalue weighted by Gasteiger charge is -2.11. The Morgan fingerprint density at radius 3 is 2.42 bits per heavy atom. The first-order valence-corrected chi connectivity index (χ1v) is 8.57. The van der Waals surface area contributed by atoms with Crippen LogP contribution in [0.25, 0.3) is 0 Å². The predicted molar refractivity (Wildman–Crippen MR) is 97.3 cm³/mol. The quantitative estimate of drug-likeness (QED) is 0.746. The van der Waals surface area contributed by atoms with Crippen LogP contribution in [0.4, 0.5) is 0 Å². The normalized spacial score (nSPS) is 10.8. The molecule has 0 saturated heterocycles. The SMILES string of the molecule is CC(=O)c1c(C)nn(CCC(=O)NCCn2c(C)cc(C)nc2=O)c1C. The average Bonchev–Trinajstić information content (AvgIpc) is 2.81. The molecule has 0 aromatic carbocycles. The Morgan fingerprint density at radius 1 is 1.15 bits per heavy atom. The Labute approximate surface area is 152 Å². The lowest BCUT2D eigenvalue weighted by molar-refractivity contribution is -0.121. The highest BCUT2D eigenvalue weighted by Gasteiger charge is 2.15. The van der Waals surface area contributed by atoms with E-state index in [2.05, 4.69) is 15.4 Å². The Morgan fingerprint density at radius 2 is 1.85 bits per heavy atom. The summed E-state index contributed by atoms with van der Waals surface area (Å²) < 4.78 is 3.22. The van der Waals surface area contributed by atoms with Crippen molar-refractivity contribution in [3.05, 3.63) is 44.9 Å². The lowest BCUT2D eigenvalue weighted by atomic mass is 10.1. The van der Waals surface area contributed by atoms with E-state index in [0.29, 0.717) is 36.6 Å². The van der Waals surface area contributed by atoms with Gasteiger partial charge in [0, 0.05) is 43.1 Å². The summed E-state index contributed by atoms with van der Waals surface area (Å²) in [7, 11) is 0. The van der Waals surface area contributed by atoms with Crippen LogP contribution >= 0.6 is 0 Å². The van der Waals surface area contributed by atoms with Crippen molar-refractivity contribution in [2.24, 2.45) is 0 Å². The summed E-state index contributed by atoms with van der Waals surface area (Å²) in [6.07, 6.45) is 0.249. The van der Waals surface area contributed by atoms with Gasteiger partial charge in [0.1, 0.15) is 0 Å². The molecule has 1 amide bonds. The molecule has 0 radical (unpaired) electrons. The minimum atomic E-state index is -0.309. The highest BCUT2D eigenvalue weighted by Crippen LogP contribution is 2.13. The second-order valence-corrected chi connectivity index (χ2v) is 6.40. The van der Waals surface area contributed by atoms with Crippen LogP contribution in [0.15, 0.2) is 10.9 Å². The van der Waals surface area contributed by atoms with Crippen LogP contribution in [0.2, 0.25) is 0 Å². The molecule has 0 aliphatic heterocycles. The van der Waals surface area contributed by atoms with E-state index in [1.54, 1.807) is 18.5 Å². The zero-order valence-corrected chi connectivity index (χ0v) is 15.9. The Kier molecular flexibility index (Phi) is 6.07. The molecule has 26 heavy (non-hydrogen) atoms. The van der Waals surface area contributed by atoms with Crippen molar-refractivity contribution in [3.63, 3.8) is 0 Å². The number of ketones is 1. The van der Waals surface area contributed by atoms with Crippen molar-refractivity contribution >= 4 is 11.7 Å². The van der Waals surface area contributed by atoms with E-state index >= 15 is 0 Å². The fourth-order valence-corrected chi connectivity index (χ4v) is 3.07. The molecule has 0 unspecified atom stereocenters. The van der Waals surface area contributed by atoms with Crippen molar-refractivity contribution < 1.29 is 9.59 Å². The zero-order valence-electron chi connectivity index (χ0n) is 15.9. The molecule has 2 aromatic rings. The van der Waals surface area contributed by atoms with Crippen LogP contribution in [-0.4, -0.2) is 37.6 Å². The van der Waals surface area contributed by atoms with Crippen molar-refractivity contribution in [1.29, 1.82) is 0 Å². The van der Waals surface area contributed by atoms with Gasteiger partial charge in [0.05, 0.1) is 11.3 Å². The van der Waals surface area contributed by atoms with Gasteiger partial charge in [0.2, 0.25) is 5.91 Å². The summed E-state index contributed by atoms with van der Waals surface area (Å²) in [6, 6.07) is 1.83. The van der Waals surface area contributed by atoms with Crippen molar-refractivity contribution in [2.75, 3.05) is 6.54 Å². The van der Waals surface area contributed by atoms with Gasteiger partial charge in [-0.05, 0) is 40.7 Å². The van der Waals surface area contributed by atoms with Gasteiger partial charge < -0.3 is 5.32 Å². The zero-order chi connectivity index (χ0) is 19.4. The number of aromatic nitrogens is 4. The molecule has 2 rings (SSSR count). The maximum absolute atomic E-state index is 12.0. The monoisotopic (exact) mass is 359 g/mol. The van der Waals surface area contributed by atoms with Gasteiger partial charge in [-0.25, -0.2) is 4.79 Å². The summed E-state index contributed by atoms with van der Waals surface area (Å²) in [5.74, 6) is -0.157. The second-order valence-electron chi connectivity index (χ2n) is 6.40. The van der Waals surface area contributed by atoms with Crippen LogP contribution < -0.4 is 11.0 Å². The molecular formula is C18H25N5O3. The molecule has 1 N–H and O–H groups in total. The largest absolute Gasteiger partial charge is 0.354 e. The summed E-state index contributed by atoms with van der Waals surface area (Å²) in [6.45, 7) is 9.86. The summed E-state index contributed by atoms with van der Waals surface area (Å²) in [5, 5.41) is 7.12. The number of nitrogens with zero attached hydrogens (tertiary/aromatic N) is 4. The van der Waals surface area contributed by atoms with Gasteiger partial charge in [-0.1, -0.05) is 0 Å². The topological polar surface area (TPSA) is 98.9 Å². The summed E-state index contributed by atoms with van der Waals surface area (Å²) in [5.41, 5.74) is 3.26. The van der Waals surface area contributed by atoms with E-state index in [1.165, 1.54) is 11.5 Å². The minimum Gasteiger partial charge on any atom is -0.354 e. The number of aryl methyl sites for hydroxylation is 4. The first-order chi connectivity index (χ1) is 12.2. The number of Topliss-reactive ketones (excluding diaryl/α,β-unsaturated/α-hetero) is 1. The molecule has 8 nitrogen and oxygen atoms in total. The van der Waals surface area contributed by atoms with Crippen LogP contribution in [0.3, 0.4) is 0 Å². The molecular weight excluding hydrogens is 334 g/mol. The van der Waals surface area contributed by atoms with Gasteiger partial charge in [0.25, 0.3) is 0 Å². The molecule has 2 aromatic heterocycles. The van der Waals surface area contributed by atoms with Gasteiger partial charge in [0.15, 0.2) is 5.78 Å². The van der Waals surface area contributed by atoms with Gasteiger partial charge in [-0.3, -0.25) is 18.8 Å². The molecule has 0 spiro atoms. The number of carbonyl (C=O) groups is 2. The number of rotatable bonds is 7. The van der Waals surface area contributed by atoms with Crippen molar-refractivity contribution in [3.8, 4) is 0 Å². The molecule has 0 fully saturated rings. The van der Waals surface area contributed by atoms with Gasteiger partial charge in [-0.2, -0.15) is 10.1 Å². The van der Waals surface area contributed by atoms with E-state index in [1.807, 2.05) is 19.9 Å². The van der Waals surface area contributed by atoms with Crippen LogP contribution in [-0.2, 0) is 17.9 Å². The molecule has 0 aliphatic rings. The first-order valence-electron chi connectivity index (χ1n) is 8.57. The third kappa shape index (κ3) is 4.44. The number of amides is 1. The molecule has 0 atom stereocenters. The molecule has 8 heteroatoms. The fraction of sp³-hybridized carbons (Fsp3) is 0.500. The Bertz CT molecular complexity index is 895. The van der Waals surface area contributed by atoms with E-state index in [9.17, 15) is 14.4 Å². The molecule has 0 saturated carbocycles. The van der Waals surface area contributed by atoms with E-state index in [4.69, 9.17) is 0 Å². The molecule has 140 valence electrons. The summed E-state index contributed by atoms with van der Waals surface area (Å²) >= 11 is 0. The molecule has 0 aliphatic carbocycles. The first kappa shape index (κ1) is 19.6. The molecule has 0 bridgehead atoms. The van der Waals surface area contributed by atoms with Crippen LogP contribution in [0.1, 0.15) is 46.5 Å². The van der Waals surface area contributed by atoms with E-state index in [0.717, 1.165) is 11.4 Å². The second kappa shape index (κ2) is 8.07. The standard InChI is InChI=1S/C18H25N5O3/c1-11-10-12(2)22(18(26)20-11)9-7-19-16(25)6-8-23-14(4)17(15(5)24)13(3)21-23/h10H,6-9H2,1-5H3,(H,19,25). The van der Waals surface area contributed by atoms with E-state index < -0.39 is 0 Å². The Hall–Kier alpha value is -2.77. The summed E-state index contributed by atoms with van der Waals surface area (Å²) in [4.78, 5) is 39.4. The maximum Gasteiger partial charge on any atom is 0.348 e. The number of carbonyl (C=O) groups excluding carboxylic acids is 2. The number of hydrogen-bond acceptors (Lipinski definition) is 5. The van der Waals surface area contributed by atoms with E-state index in [-0.39, 0.29) is 23.8 Å². The Balaban J connectivity index is 1.88. The highest BCUT2D eigenvalue weighted by molar-refractivity contribution is 5.96. The minimum absolute atomic E-state index is 0.0248. The molecule has 2 heterocycles. The maximum atomic E-state index is 12.0. The number of nitrogens with one attached hydrogen (secondary N) is 1. The third-order valence-corrected chi connectivity index (χ3v) is 4.29. The highest BCUT2D eigenvalue weighted by atomic mass is 16.2. The average molecular weight is 359 g/mol.